The van der Waals surface area contributed by atoms with Crippen LogP contribution < -0.4 is 5.73 Å². The van der Waals surface area contributed by atoms with Gasteiger partial charge in [0.15, 0.2) is 0 Å². The first-order chi connectivity index (χ1) is 6.36. The van der Waals surface area contributed by atoms with Crippen LogP contribution >= 0.6 is 0 Å². The second kappa shape index (κ2) is 3.18. The van der Waals surface area contributed by atoms with Crippen LogP contribution in [0.25, 0.3) is 11.3 Å². The van der Waals surface area contributed by atoms with E-state index in [1.807, 2.05) is 18.2 Å². The maximum Gasteiger partial charge on any atom is 0.146 e. The van der Waals surface area contributed by atoms with Gasteiger partial charge in [-0.05, 0) is 24.3 Å². The van der Waals surface area contributed by atoms with Crippen LogP contribution in [0.1, 0.15) is 0 Å². The molecule has 0 aliphatic carbocycles. The quantitative estimate of drug-likeness (QED) is 0.700. The first kappa shape index (κ1) is 7.67. The number of hydrogen-bond acceptors (Lipinski definition) is 4. The number of nitrogen functional groups attached to an aromatic ring is 1. The largest absolute Gasteiger partial charge is 0.382 e. The highest BCUT2D eigenvalue weighted by Crippen LogP contribution is 2.14. The van der Waals surface area contributed by atoms with E-state index in [0.717, 1.165) is 11.3 Å². The molecular weight excluding hydrogens is 164 g/mol. The van der Waals surface area contributed by atoms with Crippen molar-refractivity contribution in [1.29, 1.82) is 0 Å². The van der Waals surface area contributed by atoms with E-state index in [2.05, 4.69) is 15.2 Å². The Morgan fingerprint density at radius 1 is 0.923 bits per heavy atom. The van der Waals surface area contributed by atoms with Gasteiger partial charge in [-0.2, -0.15) is 0 Å². The van der Waals surface area contributed by atoms with Crippen molar-refractivity contribution in [3.8, 4) is 11.3 Å². The second-order valence-corrected chi connectivity index (χ2v) is 2.58. The summed E-state index contributed by atoms with van der Waals surface area (Å²) in [5.74, 6) is 0.429. The lowest BCUT2D eigenvalue weighted by molar-refractivity contribution is 1.05. The van der Waals surface area contributed by atoms with Gasteiger partial charge in [-0.3, -0.25) is 4.98 Å². The molecule has 0 aliphatic rings. The van der Waals surface area contributed by atoms with Crippen molar-refractivity contribution in [3.63, 3.8) is 0 Å². The van der Waals surface area contributed by atoms with Gasteiger partial charge in [-0.15, -0.1) is 10.2 Å². The monoisotopic (exact) mass is 172 g/mol. The SMILES string of the molecule is Nc1ccc(-c2ccncc2)nn1. The number of pyridine rings is 1. The van der Waals surface area contributed by atoms with Crippen LogP contribution in [-0.2, 0) is 0 Å². The number of nitrogens with zero attached hydrogens (tertiary/aromatic N) is 3. The Morgan fingerprint density at radius 3 is 2.31 bits per heavy atom. The van der Waals surface area contributed by atoms with Crippen molar-refractivity contribution in [2.24, 2.45) is 0 Å². The van der Waals surface area contributed by atoms with Crippen molar-refractivity contribution in [1.82, 2.24) is 15.2 Å². The van der Waals surface area contributed by atoms with Crippen LogP contribution in [-0.4, -0.2) is 15.2 Å². The third kappa shape index (κ3) is 1.61. The van der Waals surface area contributed by atoms with Crippen molar-refractivity contribution in [2.45, 2.75) is 0 Å². The van der Waals surface area contributed by atoms with Gasteiger partial charge < -0.3 is 5.73 Å². The normalized spacial score (nSPS) is 9.85. The molecule has 0 radical (unpaired) electrons. The van der Waals surface area contributed by atoms with E-state index < -0.39 is 0 Å². The fraction of sp³-hybridized carbons (Fsp3) is 0. The molecular formula is C9H8N4. The third-order valence-electron chi connectivity index (χ3n) is 1.66. The Labute approximate surface area is 75.5 Å². The molecule has 0 spiro atoms. The molecule has 64 valence electrons. The summed E-state index contributed by atoms with van der Waals surface area (Å²) in [6.07, 6.45) is 3.43. The molecule has 4 heteroatoms. The first-order valence-electron chi connectivity index (χ1n) is 3.86. The van der Waals surface area contributed by atoms with Gasteiger partial charge >= 0.3 is 0 Å². The van der Waals surface area contributed by atoms with Crippen molar-refractivity contribution in [2.75, 3.05) is 5.73 Å². The zero-order valence-corrected chi connectivity index (χ0v) is 6.88. The summed E-state index contributed by atoms with van der Waals surface area (Å²) < 4.78 is 0. The minimum atomic E-state index is 0.429. The van der Waals surface area contributed by atoms with Gasteiger partial charge in [0.2, 0.25) is 0 Å². The molecule has 0 amide bonds. The first-order valence-corrected chi connectivity index (χ1v) is 3.86. The molecule has 4 nitrogen and oxygen atoms in total. The molecule has 13 heavy (non-hydrogen) atoms. The standard InChI is InChI=1S/C9H8N4/c10-9-2-1-8(12-13-9)7-3-5-11-6-4-7/h1-6H,(H2,10,13). The Morgan fingerprint density at radius 2 is 1.69 bits per heavy atom. The van der Waals surface area contributed by atoms with E-state index in [0.29, 0.717) is 5.82 Å². The van der Waals surface area contributed by atoms with Gasteiger partial charge in [0, 0.05) is 18.0 Å². The lowest BCUT2D eigenvalue weighted by atomic mass is 10.2. The zero-order chi connectivity index (χ0) is 9.10. The minimum Gasteiger partial charge on any atom is -0.382 e. The molecule has 2 aromatic rings. The third-order valence-corrected chi connectivity index (χ3v) is 1.66. The molecule has 0 fully saturated rings. The Balaban J connectivity index is 2.42. The Kier molecular flexibility index (Phi) is 1.88. The summed E-state index contributed by atoms with van der Waals surface area (Å²) in [6.45, 7) is 0. The summed E-state index contributed by atoms with van der Waals surface area (Å²) >= 11 is 0. The highest BCUT2D eigenvalue weighted by molar-refractivity contribution is 5.58. The zero-order valence-electron chi connectivity index (χ0n) is 6.88. The molecule has 0 unspecified atom stereocenters. The smallest absolute Gasteiger partial charge is 0.146 e. The molecule has 0 aromatic carbocycles. The summed E-state index contributed by atoms with van der Waals surface area (Å²) in [5, 5.41) is 7.71. The van der Waals surface area contributed by atoms with Crippen LogP contribution in [0.3, 0.4) is 0 Å². The second-order valence-electron chi connectivity index (χ2n) is 2.58. The van der Waals surface area contributed by atoms with Crippen LogP contribution in [0, 0.1) is 0 Å². The summed E-state index contributed by atoms with van der Waals surface area (Å²) in [7, 11) is 0. The predicted octanol–water partition coefficient (Wildman–Crippen LogP) is 1.12. The molecule has 2 rings (SSSR count). The minimum absolute atomic E-state index is 0.429. The van der Waals surface area contributed by atoms with E-state index in [4.69, 9.17) is 5.73 Å². The van der Waals surface area contributed by atoms with Crippen LogP contribution in [0.2, 0.25) is 0 Å². The maximum absolute atomic E-state index is 5.42. The average molecular weight is 172 g/mol. The molecule has 0 saturated carbocycles. The number of anilines is 1. The van der Waals surface area contributed by atoms with E-state index in [1.54, 1.807) is 18.5 Å². The number of nitrogens with two attached hydrogens (primary N) is 1. The molecule has 0 aliphatic heterocycles. The van der Waals surface area contributed by atoms with Crippen LogP contribution in [0.4, 0.5) is 5.82 Å². The van der Waals surface area contributed by atoms with E-state index in [1.165, 1.54) is 0 Å². The number of hydrogen-bond donors (Lipinski definition) is 1. The van der Waals surface area contributed by atoms with Gasteiger partial charge in [-0.25, -0.2) is 0 Å². The molecule has 0 atom stereocenters. The van der Waals surface area contributed by atoms with Crippen molar-refractivity contribution in [3.05, 3.63) is 36.7 Å². The van der Waals surface area contributed by atoms with Gasteiger partial charge in [0.25, 0.3) is 0 Å². The average Bonchev–Trinajstić information content (AvgIpc) is 2.20. The van der Waals surface area contributed by atoms with E-state index in [-0.39, 0.29) is 0 Å². The van der Waals surface area contributed by atoms with Crippen molar-refractivity contribution < 1.29 is 0 Å². The van der Waals surface area contributed by atoms with Gasteiger partial charge in [-0.1, -0.05) is 0 Å². The molecule has 0 bridgehead atoms. The fourth-order valence-corrected chi connectivity index (χ4v) is 1.02. The van der Waals surface area contributed by atoms with E-state index in [9.17, 15) is 0 Å². The summed E-state index contributed by atoms with van der Waals surface area (Å²) in [4.78, 5) is 3.92. The lowest BCUT2D eigenvalue weighted by Gasteiger charge is -1.97. The number of aromatic nitrogens is 3. The summed E-state index contributed by atoms with van der Waals surface area (Å²) in [5.41, 5.74) is 7.21. The molecule has 0 saturated heterocycles. The highest BCUT2D eigenvalue weighted by atomic mass is 15.1. The van der Waals surface area contributed by atoms with Crippen LogP contribution in [0.5, 0.6) is 0 Å². The van der Waals surface area contributed by atoms with E-state index >= 15 is 0 Å². The maximum atomic E-state index is 5.42. The van der Waals surface area contributed by atoms with Gasteiger partial charge in [0.05, 0.1) is 5.69 Å². The Bertz CT molecular complexity index is 382. The highest BCUT2D eigenvalue weighted by Gasteiger charge is 1.97. The number of rotatable bonds is 1. The fourth-order valence-electron chi connectivity index (χ4n) is 1.02. The van der Waals surface area contributed by atoms with Crippen molar-refractivity contribution >= 4 is 5.82 Å². The lowest BCUT2D eigenvalue weighted by Crippen LogP contribution is -1.93. The summed E-state index contributed by atoms with van der Waals surface area (Å²) in [6, 6.07) is 7.31. The predicted molar refractivity (Wildman–Crippen MR) is 49.7 cm³/mol. The Hall–Kier alpha value is -1.97. The van der Waals surface area contributed by atoms with Gasteiger partial charge in [0.1, 0.15) is 5.82 Å². The van der Waals surface area contributed by atoms with Crippen LogP contribution in [0.15, 0.2) is 36.7 Å². The molecule has 2 N–H and O–H groups in total. The molecule has 2 aromatic heterocycles. The molecule has 2 heterocycles. The topological polar surface area (TPSA) is 64.7 Å².